The quantitative estimate of drug-likeness (QED) is 0.384. The molecular formula is C22H25NO4. The Kier molecular flexibility index (Phi) is 6.85. The van der Waals surface area contributed by atoms with Gasteiger partial charge in [0.25, 0.3) is 0 Å². The third-order valence-electron chi connectivity index (χ3n) is 4.65. The van der Waals surface area contributed by atoms with Crippen LogP contribution in [0.25, 0.3) is 0 Å². The van der Waals surface area contributed by atoms with Gasteiger partial charge in [-0.25, -0.2) is 9.59 Å². The molecule has 1 amide bonds. The molecule has 0 bridgehead atoms. The van der Waals surface area contributed by atoms with Crippen LogP contribution in [0.15, 0.2) is 54.6 Å². The number of carbonyl (C=O) groups is 2. The summed E-state index contributed by atoms with van der Waals surface area (Å²) in [6, 6.07) is 17.9. The minimum absolute atomic E-state index is 0.449. The largest absolute Gasteiger partial charge is 0.489 e. The Morgan fingerprint density at radius 1 is 0.852 bits per heavy atom. The number of esters is 1. The van der Waals surface area contributed by atoms with Crippen LogP contribution in [0.1, 0.15) is 43.2 Å². The molecule has 1 aliphatic heterocycles. The molecule has 1 unspecified atom stereocenters. The van der Waals surface area contributed by atoms with Crippen molar-refractivity contribution in [2.24, 2.45) is 0 Å². The molecule has 1 N–H and O–H groups in total. The first-order valence-corrected chi connectivity index (χ1v) is 9.48. The Hall–Kier alpha value is -2.82. The molecule has 0 aromatic heterocycles. The third-order valence-corrected chi connectivity index (χ3v) is 4.65. The lowest BCUT2D eigenvalue weighted by molar-refractivity contribution is -0.135. The van der Waals surface area contributed by atoms with E-state index >= 15 is 0 Å². The van der Waals surface area contributed by atoms with Crippen LogP contribution in [0.4, 0.5) is 4.79 Å². The molecule has 3 rings (SSSR count). The fourth-order valence-electron chi connectivity index (χ4n) is 3.11. The van der Waals surface area contributed by atoms with Crippen LogP contribution in [0.5, 0.6) is 5.75 Å². The van der Waals surface area contributed by atoms with Crippen molar-refractivity contribution in [1.82, 2.24) is 5.32 Å². The normalized spacial score (nSPS) is 16.1. The summed E-state index contributed by atoms with van der Waals surface area (Å²) < 4.78 is 10.3. The van der Waals surface area contributed by atoms with Crippen molar-refractivity contribution in [2.75, 3.05) is 0 Å². The van der Waals surface area contributed by atoms with Crippen molar-refractivity contribution in [1.29, 1.82) is 0 Å². The molecule has 5 nitrogen and oxygen atoms in total. The van der Waals surface area contributed by atoms with E-state index in [1.165, 1.54) is 5.56 Å². The summed E-state index contributed by atoms with van der Waals surface area (Å²) in [5.41, 5.74) is 2.46. The first-order valence-electron chi connectivity index (χ1n) is 9.48. The van der Waals surface area contributed by atoms with E-state index in [0.29, 0.717) is 13.0 Å². The number of ether oxygens (including phenoxy) is 2. The molecule has 1 fully saturated rings. The minimum atomic E-state index is -0.624. The molecule has 27 heavy (non-hydrogen) atoms. The van der Waals surface area contributed by atoms with Gasteiger partial charge in [0.05, 0.1) is 0 Å². The van der Waals surface area contributed by atoms with Crippen LogP contribution >= 0.6 is 0 Å². The molecule has 0 aliphatic carbocycles. The van der Waals surface area contributed by atoms with Gasteiger partial charge < -0.3 is 14.8 Å². The van der Waals surface area contributed by atoms with E-state index in [1.54, 1.807) is 0 Å². The fraction of sp³-hybridized carbons (Fsp3) is 0.364. The number of hydrogen-bond donors (Lipinski definition) is 1. The molecule has 2 aromatic rings. The Labute approximate surface area is 159 Å². The lowest BCUT2D eigenvalue weighted by atomic mass is 10.0. The second-order valence-corrected chi connectivity index (χ2v) is 6.78. The van der Waals surface area contributed by atoms with E-state index in [9.17, 15) is 9.59 Å². The van der Waals surface area contributed by atoms with Crippen LogP contribution in [0.2, 0.25) is 0 Å². The highest BCUT2D eigenvalue weighted by Gasteiger charge is 2.31. The number of alkyl carbamates (subject to hydrolysis) is 1. The highest BCUT2D eigenvalue weighted by molar-refractivity contribution is 5.95. The number of nitrogens with one attached hydrogen (secondary N) is 1. The van der Waals surface area contributed by atoms with Crippen LogP contribution in [-0.4, -0.2) is 18.1 Å². The summed E-state index contributed by atoms with van der Waals surface area (Å²) in [4.78, 5) is 22.3. The van der Waals surface area contributed by atoms with Crippen molar-refractivity contribution < 1.29 is 19.1 Å². The predicted molar refractivity (Wildman–Crippen MR) is 102 cm³/mol. The van der Waals surface area contributed by atoms with E-state index in [1.807, 2.05) is 30.3 Å². The SMILES string of the molecule is O=C1NC(CCCCCCc2ccc(OCc3ccccc3)cc2)C(=O)O1. The Balaban J connectivity index is 1.28. The number of aryl methyl sites for hydroxylation is 1. The fourth-order valence-corrected chi connectivity index (χ4v) is 3.11. The van der Waals surface area contributed by atoms with Gasteiger partial charge in [0.15, 0.2) is 0 Å². The maximum absolute atomic E-state index is 11.3. The molecule has 2 aromatic carbocycles. The number of cyclic esters (lactones) is 2. The first-order chi connectivity index (χ1) is 13.2. The summed E-state index contributed by atoms with van der Waals surface area (Å²) in [6.07, 6.45) is 5.21. The zero-order valence-electron chi connectivity index (χ0n) is 15.4. The zero-order chi connectivity index (χ0) is 18.9. The molecule has 1 heterocycles. The molecule has 5 heteroatoms. The molecule has 0 radical (unpaired) electrons. The van der Waals surface area contributed by atoms with E-state index in [4.69, 9.17) is 4.74 Å². The van der Waals surface area contributed by atoms with Crippen molar-refractivity contribution in [2.45, 2.75) is 51.2 Å². The van der Waals surface area contributed by atoms with E-state index in [-0.39, 0.29) is 0 Å². The highest BCUT2D eigenvalue weighted by atomic mass is 16.6. The summed E-state index contributed by atoms with van der Waals surface area (Å²) in [7, 11) is 0. The van der Waals surface area contributed by atoms with Crippen molar-refractivity contribution >= 4 is 12.1 Å². The monoisotopic (exact) mass is 367 g/mol. The molecule has 1 saturated heterocycles. The molecule has 142 valence electrons. The number of carbonyl (C=O) groups excluding carboxylic acids is 2. The number of hydrogen-bond acceptors (Lipinski definition) is 4. The Morgan fingerprint density at radius 2 is 1.59 bits per heavy atom. The van der Waals surface area contributed by atoms with Crippen LogP contribution < -0.4 is 10.1 Å². The van der Waals surface area contributed by atoms with Gasteiger partial charge in [0.2, 0.25) is 0 Å². The Morgan fingerprint density at radius 3 is 2.30 bits per heavy atom. The average molecular weight is 367 g/mol. The van der Waals surface area contributed by atoms with Gasteiger partial charge in [-0.05, 0) is 42.5 Å². The van der Waals surface area contributed by atoms with Gasteiger partial charge in [0, 0.05) is 0 Å². The molecule has 0 saturated carbocycles. The topological polar surface area (TPSA) is 64.6 Å². The maximum Gasteiger partial charge on any atom is 0.415 e. The smallest absolute Gasteiger partial charge is 0.415 e. The lowest BCUT2D eigenvalue weighted by Crippen LogP contribution is -2.28. The van der Waals surface area contributed by atoms with Gasteiger partial charge in [-0.3, -0.25) is 0 Å². The van der Waals surface area contributed by atoms with Crippen LogP contribution in [-0.2, 0) is 22.6 Å². The van der Waals surface area contributed by atoms with Crippen molar-refractivity contribution in [3.05, 3.63) is 65.7 Å². The summed E-state index contributed by atoms with van der Waals surface area (Å²) in [6.45, 7) is 0.579. The Bertz CT molecular complexity index is 743. The summed E-state index contributed by atoms with van der Waals surface area (Å²) >= 11 is 0. The maximum atomic E-state index is 11.3. The van der Waals surface area contributed by atoms with Gasteiger partial charge in [-0.2, -0.15) is 0 Å². The molecular weight excluding hydrogens is 342 g/mol. The first kappa shape index (κ1) is 19.0. The molecule has 1 atom stereocenters. The second-order valence-electron chi connectivity index (χ2n) is 6.78. The second kappa shape index (κ2) is 9.76. The average Bonchev–Trinajstić information content (AvgIpc) is 3.01. The lowest BCUT2D eigenvalue weighted by Gasteiger charge is -2.08. The molecule has 1 aliphatic rings. The van der Waals surface area contributed by atoms with Crippen LogP contribution in [0, 0.1) is 0 Å². The van der Waals surface area contributed by atoms with Gasteiger partial charge in [-0.15, -0.1) is 0 Å². The predicted octanol–water partition coefficient (Wildman–Crippen LogP) is 4.39. The highest BCUT2D eigenvalue weighted by Crippen LogP contribution is 2.17. The van der Waals surface area contributed by atoms with E-state index in [0.717, 1.165) is 43.4 Å². The number of rotatable bonds is 10. The number of benzene rings is 2. The number of amides is 1. The van der Waals surface area contributed by atoms with Crippen LogP contribution in [0.3, 0.4) is 0 Å². The van der Waals surface area contributed by atoms with Crippen molar-refractivity contribution in [3.63, 3.8) is 0 Å². The minimum Gasteiger partial charge on any atom is -0.489 e. The number of unbranched alkanes of at least 4 members (excludes halogenated alkanes) is 3. The van der Waals surface area contributed by atoms with E-state index < -0.39 is 18.1 Å². The van der Waals surface area contributed by atoms with Gasteiger partial charge >= 0.3 is 12.1 Å². The standard InChI is InChI=1S/C22H25NO4/c24-21-20(23-22(25)27-21)11-7-2-1-4-8-17-12-14-19(15-13-17)26-16-18-9-5-3-6-10-18/h3,5-6,9-10,12-15,20H,1-2,4,7-8,11,16H2,(H,23,25). The van der Waals surface area contributed by atoms with Gasteiger partial charge in [0.1, 0.15) is 18.4 Å². The summed E-state index contributed by atoms with van der Waals surface area (Å²) in [5, 5.41) is 2.52. The van der Waals surface area contributed by atoms with Crippen molar-refractivity contribution in [3.8, 4) is 5.75 Å². The van der Waals surface area contributed by atoms with Gasteiger partial charge in [-0.1, -0.05) is 61.7 Å². The van der Waals surface area contributed by atoms with E-state index in [2.05, 4.69) is 34.3 Å². The summed E-state index contributed by atoms with van der Waals surface area (Å²) in [5.74, 6) is 0.433. The molecule has 0 spiro atoms. The third kappa shape index (κ3) is 6.13. The zero-order valence-corrected chi connectivity index (χ0v) is 15.4.